The van der Waals surface area contributed by atoms with Gasteiger partial charge in [-0.05, 0) is 31.0 Å². The summed E-state index contributed by atoms with van der Waals surface area (Å²) in [6, 6.07) is 4.47. The van der Waals surface area contributed by atoms with Gasteiger partial charge in [0.1, 0.15) is 5.82 Å². The number of carbonyl (C=O) groups is 1. The predicted octanol–water partition coefficient (Wildman–Crippen LogP) is 2.82. The molecule has 0 spiro atoms. The summed E-state index contributed by atoms with van der Waals surface area (Å²) in [6.07, 6.45) is 2.02. The molecule has 114 valence electrons. The van der Waals surface area contributed by atoms with E-state index >= 15 is 0 Å². The fourth-order valence-corrected chi connectivity index (χ4v) is 2.18. The summed E-state index contributed by atoms with van der Waals surface area (Å²) >= 11 is 0. The third-order valence-electron chi connectivity index (χ3n) is 3.48. The third kappa shape index (κ3) is 4.57. The number of hydrogen-bond acceptors (Lipinski definition) is 2. The fourth-order valence-electron chi connectivity index (χ4n) is 2.18. The van der Waals surface area contributed by atoms with E-state index in [4.69, 9.17) is 5.11 Å². The molecule has 0 atom stereocenters. The monoisotopic (exact) mass is 291 g/mol. The Morgan fingerprint density at radius 3 is 2.57 bits per heavy atom. The highest BCUT2D eigenvalue weighted by Crippen LogP contribution is 2.15. The van der Waals surface area contributed by atoms with Crippen molar-refractivity contribution < 1.29 is 14.3 Å². The van der Waals surface area contributed by atoms with Crippen LogP contribution in [0.2, 0.25) is 0 Å². The van der Waals surface area contributed by atoms with Gasteiger partial charge in [-0.3, -0.25) is 4.79 Å². The number of benzene rings is 1. The minimum absolute atomic E-state index is 0.0216. The summed E-state index contributed by atoms with van der Waals surface area (Å²) in [4.78, 5) is 13.9. The number of hydrogen-bond donors (Lipinski definition) is 1. The third-order valence-corrected chi connectivity index (χ3v) is 3.48. The van der Waals surface area contributed by atoms with E-state index in [0.29, 0.717) is 12.0 Å². The Morgan fingerprint density at radius 2 is 2.05 bits per heavy atom. The first kappa shape index (κ1) is 17.2. The van der Waals surface area contributed by atoms with Crippen LogP contribution >= 0.6 is 0 Å². The van der Waals surface area contributed by atoms with Crippen LogP contribution in [-0.2, 0) is 0 Å². The van der Waals surface area contributed by atoms with Crippen LogP contribution in [-0.4, -0.2) is 35.6 Å². The topological polar surface area (TPSA) is 40.5 Å². The lowest BCUT2D eigenvalue weighted by Gasteiger charge is -2.26. The second kappa shape index (κ2) is 8.43. The van der Waals surface area contributed by atoms with Crippen molar-refractivity contribution in [2.75, 3.05) is 13.7 Å². The van der Waals surface area contributed by atoms with Crippen molar-refractivity contribution in [3.63, 3.8) is 0 Å². The van der Waals surface area contributed by atoms with Crippen molar-refractivity contribution in [2.45, 2.75) is 39.2 Å². The maximum absolute atomic E-state index is 14.1. The van der Waals surface area contributed by atoms with E-state index in [-0.39, 0.29) is 24.1 Å². The van der Waals surface area contributed by atoms with E-state index in [1.165, 1.54) is 12.1 Å². The smallest absolute Gasteiger partial charge is 0.256 e. The van der Waals surface area contributed by atoms with Crippen LogP contribution in [0.15, 0.2) is 18.2 Å². The summed E-state index contributed by atoms with van der Waals surface area (Å²) in [6.45, 7) is 3.99. The van der Waals surface area contributed by atoms with Crippen LogP contribution in [0.4, 0.5) is 4.39 Å². The number of aliphatic hydroxyl groups is 1. The average Bonchev–Trinajstić information content (AvgIpc) is 2.48. The number of aliphatic hydroxyl groups excluding tert-OH is 1. The molecule has 0 aliphatic rings. The molecule has 0 saturated carbocycles. The van der Waals surface area contributed by atoms with Gasteiger partial charge in [0.2, 0.25) is 0 Å². The van der Waals surface area contributed by atoms with Crippen molar-refractivity contribution in [1.82, 2.24) is 4.90 Å². The molecule has 1 rings (SSSR count). The van der Waals surface area contributed by atoms with Gasteiger partial charge in [0, 0.05) is 25.1 Å². The van der Waals surface area contributed by atoms with Gasteiger partial charge in [-0.1, -0.05) is 25.7 Å². The molecule has 21 heavy (non-hydrogen) atoms. The van der Waals surface area contributed by atoms with Gasteiger partial charge in [-0.25, -0.2) is 4.39 Å². The Balaban J connectivity index is 2.95. The van der Waals surface area contributed by atoms with E-state index in [1.54, 1.807) is 18.0 Å². The van der Waals surface area contributed by atoms with Gasteiger partial charge in [-0.2, -0.15) is 0 Å². The van der Waals surface area contributed by atoms with Crippen molar-refractivity contribution in [1.29, 1.82) is 0 Å². The number of carbonyl (C=O) groups excluding carboxylic acids is 1. The molecule has 3 nitrogen and oxygen atoms in total. The lowest BCUT2D eigenvalue weighted by Crippen LogP contribution is -2.36. The van der Waals surface area contributed by atoms with Crippen molar-refractivity contribution in [3.8, 4) is 11.8 Å². The molecule has 0 aromatic heterocycles. The van der Waals surface area contributed by atoms with Crippen molar-refractivity contribution in [3.05, 3.63) is 35.1 Å². The Kier molecular flexibility index (Phi) is 6.90. The van der Waals surface area contributed by atoms with Gasteiger partial charge in [0.25, 0.3) is 5.91 Å². The molecular formula is C17H22FNO2. The lowest BCUT2D eigenvalue weighted by molar-refractivity contribution is 0.0719. The van der Waals surface area contributed by atoms with Crippen molar-refractivity contribution in [2.24, 2.45) is 0 Å². The quantitative estimate of drug-likeness (QED) is 0.847. The molecule has 0 heterocycles. The molecule has 0 bridgehead atoms. The molecule has 1 aromatic rings. The molecular weight excluding hydrogens is 269 g/mol. The van der Waals surface area contributed by atoms with Gasteiger partial charge < -0.3 is 10.0 Å². The number of amides is 1. The molecule has 0 unspecified atom stereocenters. The zero-order chi connectivity index (χ0) is 15.8. The van der Waals surface area contributed by atoms with Gasteiger partial charge in [-0.15, -0.1) is 0 Å². The number of nitrogens with zero attached hydrogens (tertiary/aromatic N) is 1. The zero-order valence-corrected chi connectivity index (χ0v) is 12.8. The van der Waals surface area contributed by atoms with Crippen LogP contribution in [0.25, 0.3) is 0 Å². The normalized spacial score (nSPS) is 10.2. The zero-order valence-electron chi connectivity index (χ0n) is 12.8. The molecule has 0 fully saturated rings. The Labute approximate surface area is 125 Å². The summed E-state index contributed by atoms with van der Waals surface area (Å²) in [7, 11) is 1.70. The SMILES string of the molecule is CCC(CC)N(C)C(=O)c1ccc(C#CCCO)cc1F. The minimum Gasteiger partial charge on any atom is -0.395 e. The lowest BCUT2D eigenvalue weighted by atomic mass is 10.1. The highest BCUT2D eigenvalue weighted by Gasteiger charge is 2.21. The Morgan fingerprint density at radius 1 is 1.38 bits per heavy atom. The van der Waals surface area contributed by atoms with Crippen LogP contribution in [0.5, 0.6) is 0 Å². The number of halogens is 1. The highest BCUT2D eigenvalue weighted by atomic mass is 19.1. The van der Waals surface area contributed by atoms with E-state index in [9.17, 15) is 9.18 Å². The highest BCUT2D eigenvalue weighted by molar-refractivity contribution is 5.94. The predicted molar refractivity (Wildman–Crippen MR) is 81.4 cm³/mol. The van der Waals surface area contributed by atoms with Crippen LogP contribution in [0, 0.1) is 17.7 Å². The van der Waals surface area contributed by atoms with Gasteiger partial charge in [0.15, 0.2) is 0 Å². The first-order valence-electron chi connectivity index (χ1n) is 7.21. The maximum atomic E-state index is 14.1. The molecule has 4 heteroatoms. The number of rotatable bonds is 5. The van der Waals surface area contributed by atoms with Crippen LogP contribution in [0.3, 0.4) is 0 Å². The fraction of sp³-hybridized carbons (Fsp3) is 0.471. The maximum Gasteiger partial charge on any atom is 0.256 e. The largest absolute Gasteiger partial charge is 0.395 e. The van der Waals surface area contributed by atoms with E-state index in [0.717, 1.165) is 12.8 Å². The molecule has 0 radical (unpaired) electrons. The molecule has 0 aliphatic heterocycles. The van der Waals surface area contributed by atoms with E-state index in [1.807, 2.05) is 13.8 Å². The Hall–Kier alpha value is -1.86. The summed E-state index contributed by atoms with van der Waals surface area (Å²) in [5.41, 5.74) is 0.569. The molecule has 1 amide bonds. The standard InChI is InChI=1S/C17H22FNO2/c1-4-14(5-2)19(3)17(21)15-10-9-13(12-16(15)18)8-6-7-11-20/h9-10,12,14,20H,4-5,7,11H2,1-3H3. The first-order valence-corrected chi connectivity index (χ1v) is 7.21. The Bertz CT molecular complexity index is 541. The van der Waals surface area contributed by atoms with Crippen LogP contribution < -0.4 is 0 Å². The second-order valence-corrected chi connectivity index (χ2v) is 4.86. The van der Waals surface area contributed by atoms with Gasteiger partial charge in [0.05, 0.1) is 12.2 Å². The molecule has 1 aromatic carbocycles. The minimum atomic E-state index is -0.561. The summed E-state index contributed by atoms with van der Waals surface area (Å²) < 4.78 is 14.1. The van der Waals surface area contributed by atoms with Crippen molar-refractivity contribution >= 4 is 5.91 Å². The summed E-state index contributed by atoms with van der Waals surface area (Å²) in [5.74, 6) is 4.61. The second-order valence-electron chi connectivity index (χ2n) is 4.86. The van der Waals surface area contributed by atoms with E-state index in [2.05, 4.69) is 11.8 Å². The molecule has 0 aliphatic carbocycles. The first-order chi connectivity index (χ1) is 10.0. The van der Waals surface area contributed by atoms with E-state index < -0.39 is 5.82 Å². The molecule has 1 N–H and O–H groups in total. The molecule has 0 saturated heterocycles. The summed E-state index contributed by atoms with van der Waals surface area (Å²) in [5, 5.41) is 8.65. The van der Waals surface area contributed by atoms with Crippen LogP contribution in [0.1, 0.15) is 49.0 Å². The average molecular weight is 291 g/mol. The van der Waals surface area contributed by atoms with Gasteiger partial charge >= 0.3 is 0 Å².